The van der Waals surface area contributed by atoms with E-state index < -0.39 is 16.6 Å². The van der Waals surface area contributed by atoms with Gasteiger partial charge in [0.05, 0.1) is 12.2 Å². The molecule has 2 nitrogen and oxygen atoms in total. The summed E-state index contributed by atoms with van der Waals surface area (Å²) in [6.07, 6.45) is 13.9. The normalized spacial score (nSPS) is 33.9. The fourth-order valence-electron chi connectivity index (χ4n) is 7.14. The van der Waals surface area contributed by atoms with E-state index in [4.69, 9.17) is 8.85 Å². The first-order valence-electron chi connectivity index (χ1n) is 15.6. The predicted molar refractivity (Wildman–Crippen MR) is 172 cm³/mol. The maximum Gasteiger partial charge on any atom is 0.192 e. The summed E-state index contributed by atoms with van der Waals surface area (Å²) >= 11 is 0. The molecule has 0 heterocycles. The van der Waals surface area contributed by atoms with Gasteiger partial charge in [-0.1, -0.05) is 86.6 Å². The Morgan fingerprint density at radius 2 is 1.50 bits per heavy atom. The van der Waals surface area contributed by atoms with Crippen LogP contribution >= 0.6 is 0 Å². The van der Waals surface area contributed by atoms with Gasteiger partial charge >= 0.3 is 0 Å². The Bertz CT molecular complexity index is 927. The minimum absolute atomic E-state index is 0.0532. The van der Waals surface area contributed by atoms with Crippen molar-refractivity contribution in [2.75, 3.05) is 0 Å². The molecule has 0 saturated heterocycles. The zero-order chi connectivity index (χ0) is 28.9. The molecule has 4 heteroatoms. The molecule has 0 spiro atoms. The van der Waals surface area contributed by atoms with E-state index in [1.54, 1.807) is 5.57 Å². The lowest BCUT2D eigenvalue weighted by atomic mass is 9.61. The molecule has 3 fully saturated rings. The Hall–Kier alpha value is -0.426. The minimum atomic E-state index is -1.94. The van der Waals surface area contributed by atoms with Gasteiger partial charge in [0, 0.05) is 6.42 Å². The lowest BCUT2D eigenvalue weighted by Gasteiger charge is -2.45. The van der Waals surface area contributed by atoms with Crippen LogP contribution in [-0.4, -0.2) is 28.8 Å². The van der Waals surface area contributed by atoms with Crippen LogP contribution in [0.3, 0.4) is 0 Å². The van der Waals surface area contributed by atoms with Crippen LogP contribution in [0.5, 0.6) is 0 Å². The third-order valence-electron chi connectivity index (χ3n) is 11.6. The maximum atomic E-state index is 7.05. The monoisotopic (exact) mass is 558 g/mol. The van der Waals surface area contributed by atoms with Crippen molar-refractivity contribution < 1.29 is 8.85 Å². The molecule has 0 radical (unpaired) electrons. The molecule has 0 amide bonds. The highest BCUT2D eigenvalue weighted by molar-refractivity contribution is 6.74. The molecule has 0 aromatic rings. The van der Waals surface area contributed by atoms with Crippen molar-refractivity contribution in [3.8, 4) is 0 Å². The molecule has 4 unspecified atom stereocenters. The van der Waals surface area contributed by atoms with Crippen LogP contribution in [0.4, 0.5) is 0 Å². The Morgan fingerprint density at radius 3 is 2.05 bits per heavy atom. The van der Waals surface area contributed by atoms with E-state index in [0.717, 1.165) is 30.6 Å². The van der Waals surface area contributed by atoms with Gasteiger partial charge in [-0.3, -0.25) is 0 Å². The molecule has 3 aliphatic carbocycles. The highest BCUT2D eigenvalue weighted by Gasteiger charge is 2.50. The van der Waals surface area contributed by atoms with Gasteiger partial charge in [0.15, 0.2) is 16.6 Å². The molecule has 3 saturated carbocycles. The van der Waals surface area contributed by atoms with Gasteiger partial charge in [0.1, 0.15) is 0 Å². The summed E-state index contributed by atoms with van der Waals surface area (Å²) in [5.74, 6) is 2.39. The van der Waals surface area contributed by atoms with Crippen molar-refractivity contribution >= 4 is 16.6 Å². The van der Waals surface area contributed by atoms with E-state index in [-0.39, 0.29) is 22.3 Å². The van der Waals surface area contributed by atoms with Gasteiger partial charge < -0.3 is 8.85 Å². The van der Waals surface area contributed by atoms with Crippen LogP contribution in [0.1, 0.15) is 107 Å². The highest BCUT2D eigenvalue weighted by atomic mass is 28.4. The van der Waals surface area contributed by atoms with Crippen LogP contribution < -0.4 is 0 Å². The number of rotatable bonds is 6. The zero-order valence-electron chi connectivity index (χ0n) is 27.5. The average molecular weight is 559 g/mol. The smallest absolute Gasteiger partial charge is 0.192 e. The Morgan fingerprint density at radius 1 is 0.921 bits per heavy atom. The quantitative estimate of drug-likeness (QED) is 0.302. The van der Waals surface area contributed by atoms with Gasteiger partial charge in [0.2, 0.25) is 0 Å². The van der Waals surface area contributed by atoms with Gasteiger partial charge in [-0.05, 0) is 109 Å². The van der Waals surface area contributed by atoms with Gasteiger partial charge in [-0.2, -0.15) is 0 Å². The Balaban J connectivity index is 1.93. The van der Waals surface area contributed by atoms with E-state index >= 15 is 0 Å². The van der Waals surface area contributed by atoms with Crippen molar-refractivity contribution in [1.29, 1.82) is 0 Å². The van der Waals surface area contributed by atoms with E-state index in [0.29, 0.717) is 5.41 Å². The fourth-order valence-corrected chi connectivity index (χ4v) is 9.81. The summed E-state index contributed by atoms with van der Waals surface area (Å²) < 4.78 is 14.1. The molecule has 38 heavy (non-hydrogen) atoms. The standard InChI is InChI=1S/C34H62O2Si2/c1-24(2)29-19-20-30-26(16-15-21-34(29,30)10)17-18-27-22-28(35-37(11,12)32(4,5)6)23-31(25(27)3)36-38(13,14)33(7,8)9/h17-18,24,28-31H,3,15-16,19-23H2,1-2,4-14H3/b26-17+,27-18+/t28?,29?,30?,31?,34-/m1/s1. The van der Waals surface area contributed by atoms with Crippen LogP contribution in [0.15, 0.2) is 35.5 Å². The van der Waals surface area contributed by atoms with Crippen molar-refractivity contribution in [2.45, 2.75) is 156 Å². The number of hydrogen-bond acceptors (Lipinski definition) is 2. The number of hydrogen-bond donors (Lipinski definition) is 0. The second kappa shape index (κ2) is 11.1. The molecular weight excluding hydrogens is 497 g/mol. The summed E-state index contributed by atoms with van der Waals surface area (Å²) in [5.41, 5.74) is 4.73. The molecule has 0 aromatic heterocycles. The SMILES string of the molecule is C=C1/C(=C/C=C2\CCC[C@@]3(C)C2CCC3C(C)C)CC(O[Si](C)(C)C(C)(C)C)CC1O[Si](C)(C)C(C)(C)C. The zero-order valence-corrected chi connectivity index (χ0v) is 29.5. The van der Waals surface area contributed by atoms with Gasteiger partial charge in [0.25, 0.3) is 0 Å². The summed E-state index contributed by atoms with van der Waals surface area (Å²) in [4.78, 5) is 0. The maximum absolute atomic E-state index is 7.05. The third kappa shape index (κ3) is 6.55. The lowest BCUT2D eigenvalue weighted by molar-refractivity contribution is 0.0968. The first-order chi connectivity index (χ1) is 17.2. The van der Waals surface area contributed by atoms with Gasteiger partial charge in [-0.15, -0.1) is 0 Å². The van der Waals surface area contributed by atoms with Crippen molar-refractivity contribution in [3.63, 3.8) is 0 Å². The highest BCUT2D eigenvalue weighted by Crippen LogP contribution is 2.59. The molecule has 3 rings (SSSR count). The van der Waals surface area contributed by atoms with Crippen LogP contribution in [0, 0.1) is 23.2 Å². The van der Waals surface area contributed by atoms with Gasteiger partial charge in [-0.25, -0.2) is 0 Å². The summed E-state index contributed by atoms with van der Waals surface area (Å²) in [6, 6.07) is 0. The summed E-state index contributed by atoms with van der Waals surface area (Å²) in [7, 11) is -3.82. The average Bonchev–Trinajstić information content (AvgIpc) is 3.10. The minimum Gasteiger partial charge on any atom is -0.413 e. The topological polar surface area (TPSA) is 18.5 Å². The number of allylic oxidation sites excluding steroid dienone is 3. The molecule has 218 valence electrons. The van der Waals surface area contributed by atoms with E-state index in [1.165, 1.54) is 43.3 Å². The largest absolute Gasteiger partial charge is 0.413 e. The van der Waals surface area contributed by atoms with Crippen molar-refractivity contribution in [1.82, 2.24) is 0 Å². The third-order valence-corrected chi connectivity index (χ3v) is 20.6. The molecule has 5 atom stereocenters. The molecule has 0 aliphatic heterocycles. The second-order valence-corrected chi connectivity index (χ2v) is 26.1. The van der Waals surface area contributed by atoms with Crippen LogP contribution in [0.25, 0.3) is 0 Å². The second-order valence-electron chi connectivity index (χ2n) is 16.6. The van der Waals surface area contributed by atoms with Crippen LogP contribution in [-0.2, 0) is 8.85 Å². The predicted octanol–water partition coefficient (Wildman–Crippen LogP) is 10.8. The van der Waals surface area contributed by atoms with E-state index in [9.17, 15) is 0 Å². The van der Waals surface area contributed by atoms with E-state index in [1.807, 2.05) is 0 Å². The summed E-state index contributed by atoms with van der Waals surface area (Å²) in [5, 5.41) is 0.374. The molecule has 0 bridgehead atoms. The molecule has 0 N–H and O–H groups in total. The van der Waals surface area contributed by atoms with Crippen LogP contribution in [0.2, 0.25) is 36.3 Å². The number of fused-ring (bicyclic) bond motifs is 1. The van der Waals surface area contributed by atoms with E-state index in [2.05, 4.69) is 107 Å². The summed E-state index contributed by atoms with van der Waals surface area (Å²) in [6.45, 7) is 35.7. The first kappa shape index (κ1) is 32.1. The molecule has 3 aliphatic rings. The Labute approximate surface area is 239 Å². The Kier molecular flexibility index (Phi) is 9.37. The first-order valence-corrected chi connectivity index (χ1v) is 21.5. The molecular formula is C34H62O2Si2. The molecule has 0 aromatic carbocycles. The van der Waals surface area contributed by atoms with Crippen molar-refractivity contribution in [3.05, 3.63) is 35.5 Å². The lowest BCUT2D eigenvalue weighted by Crippen LogP contribution is -2.49. The van der Waals surface area contributed by atoms with Crippen molar-refractivity contribution in [2.24, 2.45) is 23.2 Å². The fraction of sp³-hybridized carbons (Fsp3) is 0.824.